The van der Waals surface area contributed by atoms with E-state index in [2.05, 4.69) is 39.6 Å². The molecule has 0 aliphatic rings. The average Bonchev–Trinajstić information content (AvgIpc) is 3.14. The van der Waals surface area contributed by atoms with Crippen LogP contribution in [0.3, 0.4) is 0 Å². The summed E-state index contributed by atoms with van der Waals surface area (Å²) in [6, 6.07) is 15.0. The zero-order valence-corrected chi connectivity index (χ0v) is 13.6. The average molecular weight is 332 g/mol. The van der Waals surface area contributed by atoms with Crippen LogP contribution in [0, 0.1) is 5.82 Å². The third kappa shape index (κ3) is 3.50. The Labute approximate surface area is 145 Å². The highest BCUT2D eigenvalue weighted by molar-refractivity contribution is 5.90. The number of fused-ring (bicyclic) bond motifs is 1. The summed E-state index contributed by atoms with van der Waals surface area (Å²) < 4.78 is 15.4. The van der Waals surface area contributed by atoms with Gasteiger partial charge in [0.15, 0.2) is 0 Å². The first-order valence-corrected chi connectivity index (χ1v) is 8.10. The van der Waals surface area contributed by atoms with E-state index in [4.69, 9.17) is 0 Å². The van der Waals surface area contributed by atoms with Gasteiger partial charge in [-0.15, -0.1) is 0 Å². The summed E-state index contributed by atoms with van der Waals surface area (Å²) in [7, 11) is 0. The second-order valence-corrected chi connectivity index (χ2v) is 5.93. The number of pyridine rings is 1. The second-order valence-electron chi connectivity index (χ2n) is 5.93. The van der Waals surface area contributed by atoms with Crippen LogP contribution >= 0.6 is 0 Å². The van der Waals surface area contributed by atoms with Crippen LogP contribution in [0.15, 0.2) is 73.4 Å². The van der Waals surface area contributed by atoms with Crippen LogP contribution in [0.25, 0.3) is 10.9 Å². The van der Waals surface area contributed by atoms with E-state index in [9.17, 15) is 4.39 Å². The lowest BCUT2D eigenvalue weighted by Gasteiger charge is -2.10. The Balaban J connectivity index is 1.46. The van der Waals surface area contributed by atoms with E-state index in [1.54, 1.807) is 18.5 Å². The van der Waals surface area contributed by atoms with E-state index in [1.165, 1.54) is 23.3 Å². The molecule has 2 aromatic heterocycles. The van der Waals surface area contributed by atoms with Crippen LogP contribution in [0.2, 0.25) is 0 Å². The molecule has 2 heterocycles. The Hall–Kier alpha value is -3.21. The van der Waals surface area contributed by atoms with Crippen molar-refractivity contribution in [3.8, 4) is 0 Å². The monoisotopic (exact) mass is 332 g/mol. The largest absolute Gasteiger partial charge is 0.380 e. The molecule has 2 aromatic carbocycles. The summed E-state index contributed by atoms with van der Waals surface area (Å²) in [6.07, 6.45) is 7.24. The molecular weight excluding hydrogens is 315 g/mol. The lowest BCUT2D eigenvalue weighted by Crippen LogP contribution is -2.01. The molecule has 4 rings (SSSR count). The van der Waals surface area contributed by atoms with Crippen molar-refractivity contribution in [2.75, 3.05) is 5.32 Å². The number of benzene rings is 2. The molecule has 1 N–H and O–H groups in total. The SMILES string of the molecule is Fc1ccc2c(NCc3ccc(Cn4ccnc4)cc3)ccnc2c1. The number of hydrogen-bond acceptors (Lipinski definition) is 3. The van der Waals surface area contributed by atoms with Crippen molar-refractivity contribution in [3.63, 3.8) is 0 Å². The van der Waals surface area contributed by atoms with Gasteiger partial charge in [0.05, 0.1) is 11.8 Å². The van der Waals surface area contributed by atoms with Gasteiger partial charge in [0, 0.05) is 48.8 Å². The highest BCUT2D eigenvalue weighted by atomic mass is 19.1. The molecule has 0 fully saturated rings. The van der Waals surface area contributed by atoms with Crippen molar-refractivity contribution in [1.82, 2.24) is 14.5 Å². The maximum atomic E-state index is 13.3. The minimum Gasteiger partial charge on any atom is -0.380 e. The first kappa shape index (κ1) is 15.3. The summed E-state index contributed by atoms with van der Waals surface area (Å²) >= 11 is 0. The fraction of sp³-hybridized carbons (Fsp3) is 0.100. The fourth-order valence-corrected chi connectivity index (χ4v) is 2.83. The minimum atomic E-state index is -0.273. The number of nitrogens with one attached hydrogen (secondary N) is 1. The van der Waals surface area contributed by atoms with Gasteiger partial charge in [0.1, 0.15) is 5.82 Å². The zero-order chi connectivity index (χ0) is 17.1. The van der Waals surface area contributed by atoms with Crippen molar-refractivity contribution in [1.29, 1.82) is 0 Å². The number of anilines is 1. The predicted molar refractivity (Wildman–Crippen MR) is 96.8 cm³/mol. The standard InChI is InChI=1S/C20H17FN4/c21-17-5-6-18-19(7-8-23-20(18)11-17)24-12-15-1-3-16(4-2-15)13-25-10-9-22-14-25/h1-11,14H,12-13H2,(H,23,24). The van der Waals surface area contributed by atoms with Crippen LogP contribution in [-0.2, 0) is 13.1 Å². The van der Waals surface area contributed by atoms with Gasteiger partial charge in [-0.2, -0.15) is 0 Å². The number of hydrogen-bond donors (Lipinski definition) is 1. The van der Waals surface area contributed by atoms with Gasteiger partial charge >= 0.3 is 0 Å². The Kier molecular flexibility index (Phi) is 4.12. The summed E-state index contributed by atoms with van der Waals surface area (Å²) in [5.41, 5.74) is 4.02. The van der Waals surface area contributed by atoms with E-state index in [1.807, 2.05) is 23.2 Å². The molecule has 124 valence electrons. The maximum Gasteiger partial charge on any atom is 0.125 e. The van der Waals surface area contributed by atoms with Gasteiger partial charge in [0.2, 0.25) is 0 Å². The Morgan fingerprint density at radius 3 is 2.60 bits per heavy atom. The molecule has 5 heteroatoms. The van der Waals surface area contributed by atoms with Crippen molar-refractivity contribution in [2.24, 2.45) is 0 Å². The molecule has 0 aliphatic heterocycles. The summed E-state index contributed by atoms with van der Waals surface area (Å²) in [6.45, 7) is 1.51. The fourth-order valence-electron chi connectivity index (χ4n) is 2.83. The quantitative estimate of drug-likeness (QED) is 0.595. The molecule has 4 nitrogen and oxygen atoms in total. The maximum absolute atomic E-state index is 13.3. The minimum absolute atomic E-state index is 0.273. The first-order chi connectivity index (χ1) is 12.3. The third-order valence-electron chi connectivity index (χ3n) is 4.14. The lowest BCUT2D eigenvalue weighted by molar-refractivity contribution is 0.629. The molecule has 0 bridgehead atoms. The molecule has 0 saturated heterocycles. The van der Waals surface area contributed by atoms with Crippen LogP contribution in [0.1, 0.15) is 11.1 Å². The van der Waals surface area contributed by atoms with E-state index < -0.39 is 0 Å². The van der Waals surface area contributed by atoms with Crippen molar-refractivity contribution in [2.45, 2.75) is 13.1 Å². The zero-order valence-electron chi connectivity index (χ0n) is 13.6. The highest BCUT2D eigenvalue weighted by Crippen LogP contribution is 2.22. The Morgan fingerprint density at radius 2 is 1.80 bits per heavy atom. The van der Waals surface area contributed by atoms with Crippen molar-refractivity contribution in [3.05, 3.63) is 90.4 Å². The van der Waals surface area contributed by atoms with Crippen LogP contribution in [-0.4, -0.2) is 14.5 Å². The van der Waals surface area contributed by atoms with Crippen LogP contribution in [0.5, 0.6) is 0 Å². The van der Waals surface area contributed by atoms with Gasteiger partial charge in [-0.3, -0.25) is 4.98 Å². The van der Waals surface area contributed by atoms with Gasteiger partial charge in [-0.05, 0) is 29.3 Å². The molecular formula is C20H17FN4. The van der Waals surface area contributed by atoms with Crippen LogP contribution < -0.4 is 5.32 Å². The van der Waals surface area contributed by atoms with Gasteiger partial charge in [-0.1, -0.05) is 24.3 Å². The smallest absolute Gasteiger partial charge is 0.125 e. The molecule has 0 radical (unpaired) electrons. The molecule has 0 unspecified atom stereocenters. The second kappa shape index (κ2) is 6.73. The summed E-state index contributed by atoms with van der Waals surface area (Å²) in [4.78, 5) is 8.27. The van der Waals surface area contributed by atoms with Gasteiger partial charge in [-0.25, -0.2) is 9.37 Å². The number of rotatable bonds is 5. The number of imidazole rings is 1. The van der Waals surface area contributed by atoms with E-state index in [0.717, 1.165) is 17.6 Å². The molecule has 0 saturated carbocycles. The highest BCUT2D eigenvalue weighted by Gasteiger charge is 2.03. The molecule has 0 amide bonds. The van der Waals surface area contributed by atoms with Gasteiger partial charge in [0.25, 0.3) is 0 Å². The Morgan fingerprint density at radius 1 is 0.960 bits per heavy atom. The topological polar surface area (TPSA) is 42.7 Å². The number of aromatic nitrogens is 3. The molecule has 0 spiro atoms. The third-order valence-corrected chi connectivity index (χ3v) is 4.14. The molecule has 4 aromatic rings. The normalized spacial score (nSPS) is 10.9. The van der Waals surface area contributed by atoms with Gasteiger partial charge < -0.3 is 9.88 Å². The van der Waals surface area contributed by atoms with Crippen molar-refractivity contribution < 1.29 is 4.39 Å². The summed E-state index contributed by atoms with van der Waals surface area (Å²) in [5.74, 6) is -0.273. The number of nitrogens with zero attached hydrogens (tertiary/aromatic N) is 3. The molecule has 25 heavy (non-hydrogen) atoms. The molecule has 0 atom stereocenters. The van der Waals surface area contributed by atoms with E-state index >= 15 is 0 Å². The Bertz CT molecular complexity index is 978. The van der Waals surface area contributed by atoms with Crippen LogP contribution in [0.4, 0.5) is 10.1 Å². The van der Waals surface area contributed by atoms with E-state index in [-0.39, 0.29) is 5.82 Å². The van der Waals surface area contributed by atoms with Crippen molar-refractivity contribution >= 4 is 16.6 Å². The summed E-state index contributed by atoms with van der Waals surface area (Å²) in [5, 5.41) is 4.33. The lowest BCUT2D eigenvalue weighted by atomic mass is 10.1. The first-order valence-electron chi connectivity index (χ1n) is 8.10. The number of halogens is 1. The molecule has 0 aliphatic carbocycles. The van der Waals surface area contributed by atoms with E-state index in [0.29, 0.717) is 12.1 Å². The predicted octanol–water partition coefficient (Wildman–Crippen LogP) is 4.23.